The van der Waals surface area contributed by atoms with Crippen LogP contribution in [-0.4, -0.2) is 18.9 Å². The number of aldehydes is 1. The van der Waals surface area contributed by atoms with Crippen LogP contribution in [0.1, 0.15) is 12.5 Å². The van der Waals surface area contributed by atoms with Crippen LogP contribution in [0.15, 0.2) is 48.1 Å². The third-order valence-electron chi connectivity index (χ3n) is 2.01. The Morgan fingerprint density at radius 2 is 2.00 bits per heavy atom. The summed E-state index contributed by atoms with van der Waals surface area (Å²) in [7, 11) is 0. The summed E-state index contributed by atoms with van der Waals surface area (Å²) in [5, 5.41) is 0. The number of allylic oxidation sites excluding steroid dienone is 1. The summed E-state index contributed by atoms with van der Waals surface area (Å²) >= 11 is 0. The second-order valence-electron chi connectivity index (χ2n) is 3.22. The molecular formula is C14H14O3. The van der Waals surface area contributed by atoms with Gasteiger partial charge in [0.05, 0.1) is 12.2 Å². The summed E-state index contributed by atoms with van der Waals surface area (Å²) < 4.78 is 4.83. The Bertz CT molecular complexity index is 430. The topological polar surface area (TPSA) is 43.4 Å². The van der Waals surface area contributed by atoms with Crippen LogP contribution in [0.3, 0.4) is 0 Å². The first-order valence-electron chi connectivity index (χ1n) is 5.33. The van der Waals surface area contributed by atoms with Crippen LogP contribution in [-0.2, 0) is 14.3 Å². The first-order chi connectivity index (χ1) is 8.27. The molecule has 3 nitrogen and oxygen atoms in total. The van der Waals surface area contributed by atoms with Crippen molar-refractivity contribution in [2.45, 2.75) is 6.92 Å². The van der Waals surface area contributed by atoms with Gasteiger partial charge < -0.3 is 4.74 Å². The molecule has 1 rings (SSSR count). The van der Waals surface area contributed by atoms with Gasteiger partial charge >= 0.3 is 5.97 Å². The van der Waals surface area contributed by atoms with Crippen molar-refractivity contribution >= 4 is 18.3 Å². The Morgan fingerprint density at radius 3 is 2.59 bits per heavy atom. The lowest BCUT2D eigenvalue weighted by atomic mass is 10.1. The number of esters is 1. The van der Waals surface area contributed by atoms with Crippen molar-refractivity contribution < 1.29 is 14.3 Å². The van der Waals surface area contributed by atoms with E-state index in [-0.39, 0.29) is 12.2 Å². The predicted octanol–water partition coefficient (Wildman–Crippen LogP) is 2.39. The number of ether oxygens (including phenoxy) is 1. The zero-order valence-electron chi connectivity index (χ0n) is 9.63. The van der Waals surface area contributed by atoms with Crippen molar-refractivity contribution in [3.05, 3.63) is 53.6 Å². The highest BCUT2D eigenvalue weighted by molar-refractivity contribution is 5.96. The highest BCUT2D eigenvalue weighted by Crippen LogP contribution is 2.06. The number of hydrogen-bond acceptors (Lipinski definition) is 3. The molecule has 0 atom stereocenters. The van der Waals surface area contributed by atoms with Gasteiger partial charge in [-0.15, -0.1) is 0 Å². The molecule has 1 aromatic carbocycles. The molecule has 0 aliphatic carbocycles. The van der Waals surface area contributed by atoms with Crippen molar-refractivity contribution in [1.82, 2.24) is 0 Å². The standard InChI is InChI=1S/C14H14O3/c1-2-17-14(16)13(10-11-15)9-8-12-6-4-3-5-7-12/h3-11H,2H2,1H3. The van der Waals surface area contributed by atoms with E-state index in [1.165, 1.54) is 6.08 Å². The molecule has 0 aromatic heterocycles. The van der Waals surface area contributed by atoms with Gasteiger partial charge in [-0.3, -0.25) is 4.79 Å². The summed E-state index contributed by atoms with van der Waals surface area (Å²) in [4.78, 5) is 21.9. The van der Waals surface area contributed by atoms with Crippen LogP contribution in [0.2, 0.25) is 0 Å². The summed E-state index contributed by atoms with van der Waals surface area (Å²) in [5.74, 6) is -0.494. The molecule has 0 heterocycles. The molecule has 17 heavy (non-hydrogen) atoms. The predicted molar refractivity (Wildman–Crippen MR) is 66.3 cm³/mol. The molecule has 0 aliphatic heterocycles. The molecule has 0 unspecified atom stereocenters. The zero-order valence-corrected chi connectivity index (χ0v) is 9.63. The van der Waals surface area contributed by atoms with E-state index >= 15 is 0 Å². The van der Waals surface area contributed by atoms with E-state index in [9.17, 15) is 9.59 Å². The summed E-state index contributed by atoms with van der Waals surface area (Å²) in [6, 6.07) is 9.51. The molecule has 3 heteroatoms. The Balaban J connectivity index is 2.81. The van der Waals surface area contributed by atoms with E-state index in [2.05, 4.69) is 0 Å². The maximum atomic E-state index is 11.5. The normalized spacial score (nSPS) is 11.5. The monoisotopic (exact) mass is 230 g/mol. The fourth-order valence-electron chi connectivity index (χ4n) is 1.23. The molecule has 0 spiro atoms. The molecule has 0 fully saturated rings. The van der Waals surface area contributed by atoms with E-state index in [4.69, 9.17) is 4.74 Å². The van der Waals surface area contributed by atoms with Crippen molar-refractivity contribution in [3.8, 4) is 0 Å². The van der Waals surface area contributed by atoms with Crippen LogP contribution < -0.4 is 0 Å². The molecule has 0 N–H and O–H groups in total. The van der Waals surface area contributed by atoms with E-state index in [1.807, 2.05) is 30.3 Å². The van der Waals surface area contributed by atoms with Gasteiger partial charge in [0.15, 0.2) is 0 Å². The van der Waals surface area contributed by atoms with Gasteiger partial charge in [0.25, 0.3) is 0 Å². The summed E-state index contributed by atoms with van der Waals surface area (Å²) in [6.45, 7) is 2.01. The lowest BCUT2D eigenvalue weighted by Gasteiger charge is -2.00. The Kier molecular flexibility index (Phi) is 5.44. The van der Waals surface area contributed by atoms with E-state index in [1.54, 1.807) is 19.1 Å². The molecule has 1 aromatic rings. The number of rotatable bonds is 5. The van der Waals surface area contributed by atoms with E-state index in [0.717, 1.165) is 5.56 Å². The Morgan fingerprint density at radius 1 is 1.29 bits per heavy atom. The first kappa shape index (κ1) is 12.9. The van der Waals surface area contributed by atoms with Crippen LogP contribution in [0, 0.1) is 0 Å². The first-order valence-corrected chi connectivity index (χ1v) is 5.33. The Labute approximate surface area is 100 Å². The molecule has 0 aliphatic rings. The van der Waals surface area contributed by atoms with Gasteiger partial charge in [0, 0.05) is 0 Å². The van der Waals surface area contributed by atoms with Gasteiger partial charge in [-0.05, 0) is 24.6 Å². The van der Waals surface area contributed by atoms with Crippen molar-refractivity contribution in [2.24, 2.45) is 0 Å². The smallest absolute Gasteiger partial charge is 0.338 e. The largest absolute Gasteiger partial charge is 0.462 e. The summed E-state index contributed by atoms with van der Waals surface area (Å²) in [5.41, 5.74) is 1.19. The average Bonchev–Trinajstić information content (AvgIpc) is 2.36. The number of hydrogen-bond donors (Lipinski definition) is 0. The van der Waals surface area contributed by atoms with E-state index < -0.39 is 5.97 Å². The van der Waals surface area contributed by atoms with Crippen LogP contribution in [0.5, 0.6) is 0 Å². The van der Waals surface area contributed by atoms with Gasteiger partial charge in [-0.2, -0.15) is 0 Å². The fourth-order valence-corrected chi connectivity index (χ4v) is 1.23. The highest BCUT2D eigenvalue weighted by atomic mass is 16.5. The van der Waals surface area contributed by atoms with Gasteiger partial charge in [-0.25, -0.2) is 4.79 Å². The molecule has 0 radical (unpaired) electrons. The van der Waals surface area contributed by atoms with Crippen molar-refractivity contribution in [2.75, 3.05) is 6.61 Å². The molecular weight excluding hydrogens is 216 g/mol. The third kappa shape index (κ3) is 4.47. The SMILES string of the molecule is CCOC(=O)C(C=Cc1ccccc1)=CC=O. The minimum absolute atomic E-state index is 0.241. The lowest BCUT2D eigenvalue weighted by molar-refractivity contribution is -0.138. The maximum absolute atomic E-state index is 11.5. The second kappa shape index (κ2) is 7.17. The van der Waals surface area contributed by atoms with Gasteiger partial charge in [-0.1, -0.05) is 36.4 Å². The van der Waals surface area contributed by atoms with Crippen LogP contribution in [0.4, 0.5) is 0 Å². The molecule has 0 saturated heterocycles. The average molecular weight is 230 g/mol. The number of benzene rings is 1. The van der Waals surface area contributed by atoms with Crippen LogP contribution in [0.25, 0.3) is 6.08 Å². The number of carbonyl (C=O) groups excluding carboxylic acids is 2. The highest BCUT2D eigenvalue weighted by Gasteiger charge is 2.05. The van der Waals surface area contributed by atoms with Gasteiger partial charge in [0.2, 0.25) is 0 Å². The lowest BCUT2D eigenvalue weighted by Crippen LogP contribution is -2.06. The Hall–Kier alpha value is -2.16. The molecule has 88 valence electrons. The quantitative estimate of drug-likeness (QED) is 0.337. The minimum Gasteiger partial charge on any atom is -0.462 e. The third-order valence-corrected chi connectivity index (χ3v) is 2.01. The fraction of sp³-hybridized carbons (Fsp3) is 0.143. The molecule has 0 amide bonds. The second-order valence-corrected chi connectivity index (χ2v) is 3.22. The van der Waals surface area contributed by atoms with E-state index in [0.29, 0.717) is 6.29 Å². The van der Waals surface area contributed by atoms with Crippen molar-refractivity contribution in [3.63, 3.8) is 0 Å². The maximum Gasteiger partial charge on any atom is 0.338 e. The number of carbonyl (C=O) groups is 2. The zero-order chi connectivity index (χ0) is 12.5. The molecule has 0 saturated carbocycles. The molecule has 0 bridgehead atoms. The minimum atomic E-state index is -0.494. The van der Waals surface area contributed by atoms with Gasteiger partial charge in [0.1, 0.15) is 6.29 Å². The van der Waals surface area contributed by atoms with Crippen molar-refractivity contribution in [1.29, 1.82) is 0 Å². The van der Waals surface area contributed by atoms with Crippen LogP contribution >= 0.6 is 0 Å². The summed E-state index contributed by atoms with van der Waals surface area (Å²) in [6.07, 6.45) is 5.09.